The second-order valence-electron chi connectivity index (χ2n) is 6.84. The van der Waals surface area contributed by atoms with Crippen LogP contribution in [0.1, 0.15) is 21.5 Å². The summed E-state index contributed by atoms with van der Waals surface area (Å²) < 4.78 is 32.4. The van der Waals surface area contributed by atoms with Crippen molar-refractivity contribution in [3.8, 4) is 11.5 Å². The number of ether oxygens (including phenoxy) is 1. The molecule has 0 saturated carbocycles. The lowest BCUT2D eigenvalue weighted by atomic mass is 10.0. The topological polar surface area (TPSA) is 105 Å². The highest BCUT2D eigenvalue weighted by atomic mass is 35.5. The average Bonchev–Trinajstić information content (AvgIpc) is 2.74. The van der Waals surface area contributed by atoms with Gasteiger partial charge in [0.25, 0.3) is 0 Å². The van der Waals surface area contributed by atoms with E-state index in [0.717, 1.165) is 17.2 Å². The molecule has 0 unspecified atom stereocenters. The van der Waals surface area contributed by atoms with Crippen LogP contribution in [0.3, 0.4) is 0 Å². The van der Waals surface area contributed by atoms with Gasteiger partial charge in [0.05, 0.1) is 31.9 Å². The fraction of sp³-hybridized carbons (Fsp3) is 0.0952. The van der Waals surface area contributed by atoms with E-state index >= 15 is 0 Å². The molecule has 3 aromatic rings. The Morgan fingerprint density at radius 1 is 1.03 bits per heavy atom. The highest BCUT2D eigenvalue weighted by molar-refractivity contribution is 7.89. The Hall–Kier alpha value is -2.78. The Labute approximate surface area is 188 Å². The van der Waals surface area contributed by atoms with E-state index in [1.807, 2.05) is 18.2 Å². The third-order valence-corrected chi connectivity index (χ3v) is 6.93. The number of halogens is 2. The van der Waals surface area contributed by atoms with E-state index < -0.39 is 16.0 Å². The van der Waals surface area contributed by atoms with Gasteiger partial charge in [0.1, 0.15) is 0 Å². The third-order valence-electron chi connectivity index (χ3n) is 4.80. The van der Waals surface area contributed by atoms with Gasteiger partial charge in [-0.1, -0.05) is 35.3 Å². The maximum atomic E-state index is 12.2. The van der Waals surface area contributed by atoms with Crippen molar-refractivity contribution in [3.63, 3.8) is 0 Å². The number of fused-ring (bicyclic) bond motifs is 2. The first-order valence-corrected chi connectivity index (χ1v) is 11.3. The molecule has 0 radical (unpaired) electrons. The van der Waals surface area contributed by atoms with Gasteiger partial charge in [0.2, 0.25) is 10.0 Å². The number of sulfonamides is 1. The first kappa shape index (κ1) is 21.5. The predicted octanol–water partition coefficient (Wildman–Crippen LogP) is 5.04. The number of carboxylic acids is 1. The van der Waals surface area contributed by atoms with Gasteiger partial charge >= 0.3 is 5.97 Å². The first-order chi connectivity index (χ1) is 14.7. The van der Waals surface area contributed by atoms with Gasteiger partial charge in [-0.25, -0.2) is 17.9 Å². The summed E-state index contributed by atoms with van der Waals surface area (Å²) in [5, 5.41) is 13.6. The summed E-state index contributed by atoms with van der Waals surface area (Å²) in [6, 6.07) is 13.2. The minimum atomic E-state index is -3.85. The highest BCUT2D eigenvalue weighted by Crippen LogP contribution is 2.45. The first-order valence-electron chi connectivity index (χ1n) is 9.04. The molecule has 160 valence electrons. The van der Waals surface area contributed by atoms with Crippen LogP contribution in [-0.4, -0.2) is 26.5 Å². The van der Waals surface area contributed by atoms with Crippen LogP contribution >= 0.6 is 23.2 Å². The van der Waals surface area contributed by atoms with Crippen LogP contribution in [-0.2, 0) is 16.4 Å². The van der Waals surface area contributed by atoms with E-state index in [2.05, 4.69) is 10.0 Å². The average molecular weight is 479 g/mol. The van der Waals surface area contributed by atoms with Gasteiger partial charge in [-0.2, -0.15) is 0 Å². The molecule has 0 aromatic heterocycles. The minimum Gasteiger partial charge on any atom is -0.478 e. The molecule has 1 aliphatic heterocycles. The summed E-state index contributed by atoms with van der Waals surface area (Å²) >= 11 is 12.1. The smallest absolute Gasteiger partial charge is 0.338 e. The van der Waals surface area contributed by atoms with E-state index in [0.29, 0.717) is 27.9 Å². The van der Waals surface area contributed by atoms with Crippen molar-refractivity contribution in [1.82, 2.24) is 4.72 Å². The van der Waals surface area contributed by atoms with E-state index in [1.165, 1.54) is 13.1 Å². The van der Waals surface area contributed by atoms with E-state index in [9.17, 15) is 18.3 Å². The molecule has 0 aliphatic carbocycles. The SMILES string of the molecule is CNS(=O)(=O)c1cc2c(c(C(=O)O)c1)Nc1cc(Cc3ccc(Cl)c(Cl)c3)ccc1O2. The summed E-state index contributed by atoms with van der Waals surface area (Å²) in [7, 11) is -2.61. The van der Waals surface area contributed by atoms with Crippen molar-refractivity contribution >= 4 is 50.6 Å². The largest absolute Gasteiger partial charge is 0.478 e. The molecular weight excluding hydrogens is 463 g/mol. The molecule has 4 rings (SSSR count). The van der Waals surface area contributed by atoms with Gasteiger partial charge in [0, 0.05) is 6.07 Å². The van der Waals surface area contributed by atoms with Crippen LogP contribution in [0, 0.1) is 0 Å². The molecular formula is C21H16Cl2N2O5S. The number of anilines is 2. The molecule has 1 heterocycles. The lowest BCUT2D eigenvalue weighted by Gasteiger charge is -2.24. The zero-order chi connectivity index (χ0) is 22.3. The Morgan fingerprint density at radius 2 is 1.74 bits per heavy atom. The molecule has 31 heavy (non-hydrogen) atoms. The summed E-state index contributed by atoms with van der Waals surface area (Å²) in [5.41, 5.74) is 2.42. The normalized spacial score (nSPS) is 12.4. The minimum absolute atomic E-state index is 0.110. The molecule has 1 aliphatic rings. The zero-order valence-electron chi connectivity index (χ0n) is 16.1. The van der Waals surface area contributed by atoms with Crippen LogP contribution in [0.15, 0.2) is 53.4 Å². The molecule has 7 nitrogen and oxygen atoms in total. The zero-order valence-corrected chi connectivity index (χ0v) is 18.4. The van der Waals surface area contributed by atoms with Crippen molar-refractivity contribution in [3.05, 3.63) is 75.3 Å². The molecule has 0 bridgehead atoms. The van der Waals surface area contributed by atoms with Crippen molar-refractivity contribution in [2.24, 2.45) is 0 Å². The number of rotatable bonds is 5. The number of hydrogen-bond donors (Lipinski definition) is 3. The summed E-state index contributed by atoms with van der Waals surface area (Å²) in [5.74, 6) is -0.727. The van der Waals surface area contributed by atoms with E-state index in [1.54, 1.807) is 18.2 Å². The number of nitrogens with one attached hydrogen (secondary N) is 2. The number of carbonyl (C=O) groups is 1. The van der Waals surface area contributed by atoms with Gasteiger partial charge in [-0.05, 0) is 54.9 Å². The fourth-order valence-corrected chi connectivity index (χ4v) is 4.35. The van der Waals surface area contributed by atoms with E-state index in [4.69, 9.17) is 27.9 Å². The molecule has 3 N–H and O–H groups in total. The monoisotopic (exact) mass is 478 g/mol. The Bertz CT molecular complexity index is 1330. The van der Waals surface area contributed by atoms with Crippen molar-refractivity contribution in [2.45, 2.75) is 11.3 Å². The summed E-state index contributed by atoms with van der Waals surface area (Å²) in [4.78, 5) is 11.6. The van der Waals surface area contributed by atoms with Gasteiger partial charge in [-0.3, -0.25) is 0 Å². The lowest BCUT2D eigenvalue weighted by Crippen LogP contribution is -2.20. The maximum Gasteiger partial charge on any atom is 0.338 e. The second kappa shape index (κ2) is 8.05. The summed E-state index contributed by atoms with van der Waals surface area (Å²) in [6.07, 6.45) is 0.573. The maximum absolute atomic E-state index is 12.2. The molecule has 0 spiro atoms. The van der Waals surface area contributed by atoms with Crippen molar-refractivity contribution < 1.29 is 23.1 Å². The standard InChI is InChI=1S/C21H16Cl2N2O5S/c1-24-31(28,29)13-9-14(21(26)27)20-19(10-13)30-18-5-3-12(8-17(18)25-20)6-11-2-4-15(22)16(23)7-11/h2-5,7-10,24-25H,6H2,1H3,(H,26,27). The van der Waals surface area contributed by atoms with Crippen LogP contribution < -0.4 is 14.8 Å². The van der Waals surface area contributed by atoms with Crippen LogP contribution in [0.2, 0.25) is 10.0 Å². The van der Waals surface area contributed by atoms with Crippen LogP contribution in [0.25, 0.3) is 0 Å². The Kier molecular flexibility index (Phi) is 5.57. The molecule has 0 fully saturated rings. The predicted molar refractivity (Wildman–Crippen MR) is 119 cm³/mol. The number of aromatic carboxylic acids is 1. The summed E-state index contributed by atoms with van der Waals surface area (Å²) in [6.45, 7) is 0. The number of benzene rings is 3. The molecule has 0 amide bonds. The van der Waals surface area contributed by atoms with Gasteiger partial charge < -0.3 is 15.2 Å². The van der Waals surface area contributed by atoms with E-state index in [-0.39, 0.29) is 21.9 Å². The van der Waals surface area contributed by atoms with Gasteiger partial charge in [0.15, 0.2) is 11.5 Å². The number of hydrogen-bond acceptors (Lipinski definition) is 5. The molecule has 0 atom stereocenters. The molecule has 3 aromatic carbocycles. The van der Waals surface area contributed by atoms with Crippen LogP contribution in [0.5, 0.6) is 11.5 Å². The molecule has 0 saturated heterocycles. The Morgan fingerprint density at radius 3 is 2.42 bits per heavy atom. The Balaban J connectivity index is 1.71. The van der Waals surface area contributed by atoms with Crippen molar-refractivity contribution in [2.75, 3.05) is 12.4 Å². The quantitative estimate of drug-likeness (QED) is 0.371. The fourth-order valence-electron chi connectivity index (χ4n) is 3.25. The second-order valence-corrected chi connectivity index (χ2v) is 9.54. The number of carboxylic acid groups (broad SMARTS) is 1. The highest BCUT2D eigenvalue weighted by Gasteiger charge is 2.27. The van der Waals surface area contributed by atoms with Crippen LogP contribution in [0.4, 0.5) is 11.4 Å². The third kappa shape index (κ3) is 4.20. The molecule has 10 heteroatoms. The lowest BCUT2D eigenvalue weighted by molar-refractivity contribution is 0.0697. The van der Waals surface area contributed by atoms with Crippen molar-refractivity contribution in [1.29, 1.82) is 0 Å². The van der Waals surface area contributed by atoms with Gasteiger partial charge in [-0.15, -0.1) is 0 Å².